The van der Waals surface area contributed by atoms with E-state index in [-0.39, 0.29) is 12.7 Å². The number of ether oxygens (including phenoxy) is 4. The van der Waals surface area contributed by atoms with Crippen molar-refractivity contribution in [3.8, 4) is 17.2 Å². The minimum absolute atomic E-state index is 0.128. The smallest absolute Gasteiger partial charge is 0.254 e. The standard InChI is InChI=1S/C22H21ClN2O5/c1-27-8-7-25(22(26)14-3-5-17(28-2)6-4-14)12-16-9-15-10-19-20(30-13-29-19)11-18(15)24-21(16)23/h3-6,9-11H,7-8,12-13H2,1-2H3. The molecule has 1 aliphatic rings. The fourth-order valence-corrected chi connectivity index (χ4v) is 3.48. The minimum atomic E-state index is -0.128. The van der Waals surface area contributed by atoms with Crippen LogP contribution < -0.4 is 14.2 Å². The van der Waals surface area contributed by atoms with Crippen molar-refractivity contribution in [1.82, 2.24) is 9.88 Å². The van der Waals surface area contributed by atoms with E-state index in [0.29, 0.717) is 53.2 Å². The molecular weight excluding hydrogens is 408 g/mol. The molecule has 1 aliphatic heterocycles. The van der Waals surface area contributed by atoms with Gasteiger partial charge in [-0.2, -0.15) is 0 Å². The molecule has 30 heavy (non-hydrogen) atoms. The fourth-order valence-electron chi connectivity index (χ4n) is 3.27. The van der Waals surface area contributed by atoms with Gasteiger partial charge in [0.05, 0.1) is 19.2 Å². The summed E-state index contributed by atoms with van der Waals surface area (Å²) in [6, 6.07) is 12.6. The first-order chi connectivity index (χ1) is 14.6. The normalized spacial score (nSPS) is 12.2. The van der Waals surface area contributed by atoms with E-state index in [4.69, 9.17) is 30.5 Å². The molecule has 0 saturated heterocycles. The third-order valence-electron chi connectivity index (χ3n) is 4.89. The maximum Gasteiger partial charge on any atom is 0.254 e. The number of fused-ring (bicyclic) bond motifs is 2. The molecule has 2 aromatic carbocycles. The van der Waals surface area contributed by atoms with Crippen LogP contribution in [0.25, 0.3) is 10.9 Å². The first-order valence-corrected chi connectivity index (χ1v) is 9.78. The van der Waals surface area contributed by atoms with Gasteiger partial charge in [0.2, 0.25) is 6.79 Å². The van der Waals surface area contributed by atoms with Crippen LogP contribution in [0.1, 0.15) is 15.9 Å². The average Bonchev–Trinajstić information content (AvgIpc) is 3.22. The van der Waals surface area contributed by atoms with Crippen molar-refractivity contribution in [1.29, 1.82) is 0 Å². The van der Waals surface area contributed by atoms with Crippen molar-refractivity contribution in [2.75, 3.05) is 34.2 Å². The Morgan fingerprint density at radius 3 is 2.57 bits per heavy atom. The van der Waals surface area contributed by atoms with Crippen LogP contribution in [0.4, 0.5) is 0 Å². The Bertz CT molecular complexity index is 1070. The quantitative estimate of drug-likeness (QED) is 0.531. The number of benzene rings is 2. The number of methoxy groups -OCH3 is 2. The van der Waals surface area contributed by atoms with Gasteiger partial charge < -0.3 is 23.8 Å². The zero-order valence-corrected chi connectivity index (χ0v) is 17.4. The second-order valence-electron chi connectivity index (χ2n) is 6.78. The van der Waals surface area contributed by atoms with E-state index in [1.54, 1.807) is 49.5 Å². The number of rotatable bonds is 7. The molecule has 0 saturated carbocycles. The second-order valence-corrected chi connectivity index (χ2v) is 7.14. The number of amides is 1. The van der Waals surface area contributed by atoms with E-state index in [2.05, 4.69) is 4.98 Å². The predicted molar refractivity (Wildman–Crippen MR) is 112 cm³/mol. The van der Waals surface area contributed by atoms with E-state index in [1.165, 1.54) is 0 Å². The molecule has 0 spiro atoms. The van der Waals surface area contributed by atoms with E-state index >= 15 is 0 Å². The lowest BCUT2D eigenvalue weighted by atomic mass is 10.1. The number of carbonyl (C=O) groups excluding carboxylic acids is 1. The molecular formula is C22H21ClN2O5. The Balaban J connectivity index is 1.63. The van der Waals surface area contributed by atoms with Gasteiger partial charge in [-0.1, -0.05) is 11.6 Å². The first-order valence-electron chi connectivity index (χ1n) is 9.40. The zero-order valence-electron chi connectivity index (χ0n) is 16.7. The van der Waals surface area contributed by atoms with Crippen LogP contribution in [0.3, 0.4) is 0 Å². The molecule has 0 N–H and O–H groups in total. The summed E-state index contributed by atoms with van der Waals surface area (Å²) >= 11 is 6.45. The fraction of sp³-hybridized carbons (Fsp3) is 0.273. The number of pyridine rings is 1. The molecule has 0 bridgehead atoms. The molecule has 8 heteroatoms. The molecule has 3 aromatic rings. The highest BCUT2D eigenvalue weighted by Gasteiger charge is 2.20. The Morgan fingerprint density at radius 2 is 1.87 bits per heavy atom. The van der Waals surface area contributed by atoms with Crippen LogP contribution in [-0.2, 0) is 11.3 Å². The maximum absolute atomic E-state index is 13.1. The predicted octanol–water partition coefficient (Wildman–Crippen LogP) is 3.91. The summed E-state index contributed by atoms with van der Waals surface area (Å²) < 4.78 is 21.2. The third-order valence-corrected chi connectivity index (χ3v) is 5.21. The summed E-state index contributed by atoms with van der Waals surface area (Å²) in [5.41, 5.74) is 2.00. The van der Waals surface area contributed by atoms with E-state index in [0.717, 1.165) is 10.9 Å². The monoisotopic (exact) mass is 428 g/mol. The van der Waals surface area contributed by atoms with Gasteiger partial charge in [-0.05, 0) is 36.4 Å². The number of nitrogens with zero attached hydrogens (tertiary/aromatic N) is 2. The second kappa shape index (κ2) is 8.77. The summed E-state index contributed by atoms with van der Waals surface area (Å²) in [4.78, 5) is 19.3. The topological polar surface area (TPSA) is 70.1 Å². The van der Waals surface area contributed by atoms with Crippen molar-refractivity contribution in [3.05, 3.63) is 58.7 Å². The van der Waals surface area contributed by atoms with Gasteiger partial charge in [-0.25, -0.2) is 4.98 Å². The molecule has 1 amide bonds. The largest absolute Gasteiger partial charge is 0.497 e. The van der Waals surface area contributed by atoms with Crippen molar-refractivity contribution in [2.24, 2.45) is 0 Å². The van der Waals surface area contributed by atoms with E-state index in [1.807, 2.05) is 12.1 Å². The summed E-state index contributed by atoms with van der Waals surface area (Å²) in [6.07, 6.45) is 0. The lowest BCUT2D eigenvalue weighted by Crippen LogP contribution is -2.33. The van der Waals surface area contributed by atoms with Crippen molar-refractivity contribution >= 4 is 28.4 Å². The first kappa shape index (κ1) is 20.3. The lowest BCUT2D eigenvalue weighted by molar-refractivity contribution is 0.0680. The number of aromatic nitrogens is 1. The zero-order chi connectivity index (χ0) is 21.1. The molecule has 1 aromatic heterocycles. The number of hydrogen-bond acceptors (Lipinski definition) is 6. The van der Waals surface area contributed by atoms with E-state index in [9.17, 15) is 4.79 Å². The molecule has 2 heterocycles. The molecule has 0 aliphatic carbocycles. The highest BCUT2D eigenvalue weighted by molar-refractivity contribution is 6.30. The summed E-state index contributed by atoms with van der Waals surface area (Å²) in [5.74, 6) is 1.88. The molecule has 4 rings (SSSR count). The molecule has 156 valence electrons. The van der Waals surface area contributed by atoms with Crippen LogP contribution in [0.5, 0.6) is 17.2 Å². The summed E-state index contributed by atoms with van der Waals surface area (Å²) in [5, 5.41) is 1.20. The molecule has 7 nitrogen and oxygen atoms in total. The van der Waals surface area contributed by atoms with Gasteiger partial charge in [-0.3, -0.25) is 4.79 Å². The Hall–Kier alpha value is -3.03. The third kappa shape index (κ3) is 4.13. The summed E-state index contributed by atoms with van der Waals surface area (Å²) in [7, 11) is 3.19. The van der Waals surface area contributed by atoms with Crippen LogP contribution in [0.2, 0.25) is 5.15 Å². The number of carbonyl (C=O) groups is 1. The maximum atomic E-state index is 13.1. The van der Waals surface area contributed by atoms with Crippen molar-refractivity contribution in [2.45, 2.75) is 6.54 Å². The highest BCUT2D eigenvalue weighted by atomic mass is 35.5. The van der Waals surface area contributed by atoms with Gasteiger partial charge in [0.25, 0.3) is 5.91 Å². The molecule has 0 fully saturated rings. The van der Waals surface area contributed by atoms with Crippen molar-refractivity contribution in [3.63, 3.8) is 0 Å². The lowest BCUT2D eigenvalue weighted by Gasteiger charge is -2.23. The number of halogens is 1. The van der Waals surface area contributed by atoms with Crippen LogP contribution in [-0.4, -0.2) is 50.0 Å². The minimum Gasteiger partial charge on any atom is -0.497 e. The van der Waals surface area contributed by atoms with E-state index < -0.39 is 0 Å². The molecule has 0 unspecified atom stereocenters. The Labute approximate surface area is 179 Å². The average molecular weight is 429 g/mol. The Kier molecular flexibility index (Phi) is 5.92. The van der Waals surface area contributed by atoms with Gasteiger partial charge >= 0.3 is 0 Å². The van der Waals surface area contributed by atoms with Gasteiger partial charge in [-0.15, -0.1) is 0 Å². The highest BCUT2D eigenvalue weighted by Crippen LogP contribution is 2.36. The van der Waals surface area contributed by atoms with Gasteiger partial charge in [0.15, 0.2) is 11.5 Å². The van der Waals surface area contributed by atoms with Crippen molar-refractivity contribution < 1.29 is 23.7 Å². The summed E-state index contributed by atoms with van der Waals surface area (Å²) in [6.45, 7) is 1.30. The van der Waals surface area contributed by atoms with Crippen LogP contribution in [0, 0.1) is 0 Å². The van der Waals surface area contributed by atoms with Gasteiger partial charge in [0.1, 0.15) is 10.9 Å². The molecule has 0 atom stereocenters. The Morgan fingerprint density at radius 1 is 1.13 bits per heavy atom. The number of hydrogen-bond donors (Lipinski definition) is 0. The van der Waals surface area contributed by atoms with Crippen LogP contribution in [0.15, 0.2) is 42.5 Å². The molecule has 0 radical (unpaired) electrons. The van der Waals surface area contributed by atoms with Gasteiger partial charge in [0, 0.05) is 42.8 Å². The van der Waals surface area contributed by atoms with Crippen LogP contribution >= 0.6 is 11.6 Å². The SMILES string of the molecule is COCCN(Cc1cc2cc3c(cc2nc1Cl)OCO3)C(=O)c1ccc(OC)cc1.